The normalized spacial score (nSPS) is 25.8. The van der Waals surface area contributed by atoms with Crippen LogP contribution in [0.4, 0.5) is 0 Å². The SMILES string of the molecule is CCC(=O)N1CCOC2(COC2)C1. The lowest BCUT2D eigenvalue weighted by Crippen LogP contribution is -2.63. The van der Waals surface area contributed by atoms with Crippen molar-refractivity contribution in [2.75, 3.05) is 32.9 Å². The van der Waals surface area contributed by atoms with Crippen molar-refractivity contribution in [3.63, 3.8) is 0 Å². The summed E-state index contributed by atoms with van der Waals surface area (Å²) in [5, 5.41) is 0. The molecule has 0 aliphatic carbocycles. The van der Waals surface area contributed by atoms with Crippen molar-refractivity contribution in [3.05, 3.63) is 0 Å². The number of rotatable bonds is 1. The summed E-state index contributed by atoms with van der Waals surface area (Å²) in [4.78, 5) is 13.3. The first-order chi connectivity index (χ1) is 6.26. The van der Waals surface area contributed by atoms with E-state index in [4.69, 9.17) is 9.47 Å². The van der Waals surface area contributed by atoms with Gasteiger partial charge in [0.25, 0.3) is 0 Å². The van der Waals surface area contributed by atoms with Crippen LogP contribution < -0.4 is 0 Å². The summed E-state index contributed by atoms with van der Waals surface area (Å²) in [6.07, 6.45) is 0.580. The molecular formula is C9H15NO3. The Hall–Kier alpha value is -0.610. The molecule has 2 aliphatic heterocycles. The maximum absolute atomic E-state index is 11.4. The van der Waals surface area contributed by atoms with Gasteiger partial charge >= 0.3 is 0 Å². The van der Waals surface area contributed by atoms with Crippen LogP contribution in [0, 0.1) is 0 Å². The maximum atomic E-state index is 11.4. The predicted molar refractivity (Wildman–Crippen MR) is 46.4 cm³/mol. The van der Waals surface area contributed by atoms with Gasteiger partial charge in [0, 0.05) is 13.0 Å². The van der Waals surface area contributed by atoms with Crippen molar-refractivity contribution >= 4 is 5.91 Å². The fourth-order valence-corrected chi connectivity index (χ4v) is 1.79. The van der Waals surface area contributed by atoms with E-state index in [-0.39, 0.29) is 11.5 Å². The summed E-state index contributed by atoms with van der Waals surface area (Å²) in [7, 11) is 0. The lowest BCUT2D eigenvalue weighted by atomic mass is 9.99. The summed E-state index contributed by atoms with van der Waals surface area (Å²) in [5.74, 6) is 0.217. The van der Waals surface area contributed by atoms with Gasteiger partial charge < -0.3 is 14.4 Å². The molecule has 0 N–H and O–H groups in total. The minimum absolute atomic E-state index is 0.164. The number of hydrogen-bond donors (Lipinski definition) is 0. The fourth-order valence-electron chi connectivity index (χ4n) is 1.79. The number of carbonyl (C=O) groups is 1. The zero-order chi connectivity index (χ0) is 9.31. The van der Waals surface area contributed by atoms with Crippen LogP contribution >= 0.6 is 0 Å². The third kappa shape index (κ3) is 1.56. The molecule has 0 aromatic rings. The Morgan fingerprint density at radius 3 is 2.85 bits per heavy atom. The second-order valence-corrected chi connectivity index (χ2v) is 3.69. The Balaban J connectivity index is 1.95. The Kier molecular flexibility index (Phi) is 2.26. The topological polar surface area (TPSA) is 38.8 Å². The highest BCUT2D eigenvalue weighted by atomic mass is 16.6. The monoisotopic (exact) mass is 185 g/mol. The van der Waals surface area contributed by atoms with E-state index in [9.17, 15) is 4.79 Å². The van der Waals surface area contributed by atoms with Crippen molar-refractivity contribution in [2.24, 2.45) is 0 Å². The molecular weight excluding hydrogens is 170 g/mol. The van der Waals surface area contributed by atoms with Gasteiger partial charge in [0.15, 0.2) is 0 Å². The van der Waals surface area contributed by atoms with Crippen LogP contribution in [-0.2, 0) is 14.3 Å². The summed E-state index contributed by atoms with van der Waals surface area (Å²) in [5.41, 5.74) is -0.164. The maximum Gasteiger partial charge on any atom is 0.222 e. The van der Waals surface area contributed by atoms with Gasteiger partial charge in [-0.15, -0.1) is 0 Å². The van der Waals surface area contributed by atoms with Gasteiger partial charge in [-0.1, -0.05) is 6.92 Å². The molecule has 0 radical (unpaired) electrons. The number of morpholine rings is 1. The number of nitrogens with zero attached hydrogens (tertiary/aromatic N) is 1. The zero-order valence-electron chi connectivity index (χ0n) is 7.91. The van der Waals surface area contributed by atoms with E-state index in [1.54, 1.807) is 0 Å². The van der Waals surface area contributed by atoms with Gasteiger partial charge in [-0.25, -0.2) is 0 Å². The van der Waals surface area contributed by atoms with Crippen LogP contribution in [0.3, 0.4) is 0 Å². The van der Waals surface area contributed by atoms with Crippen molar-refractivity contribution in [1.82, 2.24) is 4.90 Å². The molecule has 4 heteroatoms. The second-order valence-electron chi connectivity index (χ2n) is 3.69. The van der Waals surface area contributed by atoms with Crippen molar-refractivity contribution < 1.29 is 14.3 Å². The number of hydrogen-bond acceptors (Lipinski definition) is 3. The largest absolute Gasteiger partial charge is 0.375 e. The van der Waals surface area contributed by atoms with E-state index in [2.05, 4.69) is 0 Å². The number of carbonyl (C=O) groups excluding carboxylic acids is 1. The predicted octanol–water partition coefficient (Wildman–Crippen LogP) is 0.0242. The summed E-state index contributed by atoms with van der Waals surface area (Å²) >= 11 is 0. The fraction of sp³-hybridized carbons (Fsp3) is 0.889. The molecule has 1 spiro atoms. The van der Waals surface area contributed by atoms with E-state index in [0.717, 1.165) is 6.54 Å². The van der Waals surface area contributed by atoms with Crippen LogP contribution in [0.25, 0.3) is 0 Å². The lowest BCUT2D eigenvalue weighted by molar-refractivity contribution is -0.236. The van der Waals surface area contributed by atoms with Gasteiger partial charge in [0.05, 0.1) is 26.4 Å². The Morgan fingerprint density at radius 2 is 2.31 bits per heavy atom. The van der Waals surface area contributed by atoms with E-state index in [1.165, 1.54) is 0 Å². The van der Waals surface area contributed by atoms with Crippen molar-refractivity contribution in [1.29, 1.82) is 0 Å². The molecule has 0 atom stereocenters. The quantitative estimate of drug-likeness (QED) is 0.578. The Labute approximate surface area is 77.8 Å². The third-order valence-electron chi connectivity index (χ3n) is 2.63. The van der Waals surface area contributed by atoms with Crippen LogP contribution in [0.2, 0.25) is 0 Å². The summed E-state index contributed by atoms with van der Waals surface area (Å²) in [6, 6.07) is 0. The molecule has 74 valence electrons. The molecule has 2 aliphatic rings. The van der Waals surface area contributed by atoms with Crippen LogP contribution in [0.15, 0.2) is 0 Å². The molecule has 0 aromatic heterocycles. The molecule has 0 aromatic carbocycles. The molecule has 0 bridgehead atoms. The number of ether oxygens (including phenoxy) is 2. The first-order valence-corrected chi connectivity index (χ1v) is 4.75. The van der Waals surface area contributed by atoms with E-state index >= 15 is 0 Å². The highest BCUT2D eigenvalue weighted by Crippen LogP contribution is 2.26. The minimum Gasteiger partial charge on any atom is -0.375 e. The summed E-state index contributed by atoms with van der Waals surface area (Å²) in [6.45, 7) is 5.26. The average Bonchev–Trinajstić information content (AvgIpc) is 2.14. The molecule has 2 saturated heterocycles. The summed E-state index contributed by atoms with van der Waals surface area (Å²) < 4.78 is 10.7. The zero-order valence-corrected chi connectivity index (χ0v) is 7.91. The van der Waals surface area contributed by atoms with Crippen molar-refractivity contribution in [3.8, 4) is 0 Å². The smallest absolute Gasteiger partial charge is 0.222 e. The number of amides is 1. The van der Waals surface area contributed by atoms with Gasteiger partial charge in [-0.2, -0.15) is 0 Å². The second kappa shape index (κ2) is 3.27. The first-order valence-electron chi connectivity index (χ1n) is 4.75. The lowest BCUT2D eigenvalue weighted by Gasteiger charge is -2.47. The molecule has 13 heavy (non-hydrogen) atoms. The van der Waals surface area contributed by atoms with E-state index in [0.29, 0.717) is 32.8 Å². The standard InChI is InChI=1S/C9H15NO3/c1-2-8(11)10-3-4-13-9(5-10)6-12-7-9/h2-7H2,1H3. The van der Waals surface area contributed by atoms with Gasteiger partial charge in [-0.3, -0.25) is 4.79 Å². The molecule has 2 heterocycles. The van der Waals surface area contributed by atoms with Crippen LogP contribution in [0.5, 0.6) is 0 Å². The highest BCUT2D eigenvalue weighted by Gasteiger charge is 2.44. The van der Waals surface area contributed by atoms with Gasteiger partial charge in [0.2, 0.25) is 5.91 Å². The van der Waals surface area contributed by atoms with E-state index < -0.39 is 0 Å². The van der Waals surface area contributed by atoms with Gasteiger partial charge in [-0.05, 0) is 0 Å². The van der Waals surface area contributed by atoms with Crippen LogP contribution in [-0.4, -0.2) is 49.3 Å². The van der Waals surface area contributed by atoms with Gasteiger partial charge in [0.1, 0.15) is 5.60 Å². The van der Waals surface area contributed by atoms with E-state index in [1.807, 2.05) is 11.8 Å². The minimum atomic E-state index is -0.164. The molecule has 1 amide bonds. The molecule has 0 unspecified atom stereocenters. The Bertz CT molecular complexity index is 213. The molecule has 4 nitrogen and oxygen atoms in total. The Morgan fingerprint density at radius 1 is 1.54 bits per heavy atom. The molecule has 2 rings (SSSR count). The third-order valence-corrected chi connectivity index (χ3v) is 2.63. The van der Waals surface area contributed by atoms with Crippen LogP contribution in [0.1, 0.15) is 13.3 Å². The molecule has 0 saturated carbocycles. The molecule has 2 fully saturated rings. The average molecular weight is 185 g/mol. The first kappa shape index (κ1) is 8.97. The van der Waals surface area contributed by atoms with Crippen molar-refractivity contribution in [2.45, 2.75) is 18.9 Å². The highest BCUT2D eigenvalue weighted by molar-refractivity contribution is 5.76.